The molecule has 118 valence electrons. The van der Waals surface area contributed by atoms with E-state index in [1.165, 1.54) is 31.3 Å². The van der Waals surface area contributed by atoms with Gasteiger partial charge in [0.05, 0.1) is 6.10 Å². The summed E-state index contributed by atoms with van der Waals surface area (Å²) in [6, 6.07) is 0. The second-order valence-corrected chi connectivity index (χ2v) is 7.39. The summed E-state index contributed by atoms with van der Waals surface area (Å²) in [4.78, 5) is 12.6. The van der Waals surface area contributed by atoms with Crippen molar-refractivity contribution < 1.29 is 9.53 Å². The molecule has 4 nitrogen and oxygen atoms in total. The molecule has 0 aromatic rings. The van der Waals surface area contributed by atoms with Crippen molar-refractivity contribution in [1.82, 2.24) is 5.32 Å². The van der Waals surface area contributed by atoms with Crippen LogP contribution in [-0.2, 0) is 9.53 Å². The molecule has 2 fully saturated rings. The van der Waals surface area contributed by atoms with Crippen LogP contribution in [0.2, 0.25) is 0 Å². The van der Waals surface area contributed by atoms with Gasteiger partial charge in [-0.05, 0) is 38.5 Å². The fourth-order valence-electron chi connectivity index (χ4n) is 4.46. The lowest BCUT2D eigenvalue weighted by atomic mass is 9.48. The van der Waals surface area contributed by atoms with Crippen LogP contribution in [0.1, 0.15) is 52.4 Å². The average Bonchev–Trinajstić information content (AvgIpc) is 2.95. The lowest BCUT2D eigenvalue weighted by Gasteiger charge is -2.60. The first-order valence-corrected chi connectivity index (χ1v) is 8.34. The highest BCUT2D eigenvalue weighted by molar-refractivity contribution is 5.89. The predicted molar refractivity (Wildman–Crippen MR) is 82.7 cm³/mol. The third-order valence-electron chi connectivity index (χ3n) is 5.95. The first-order valence-electron chi connectivity index (χ1n) is 8.34. The third-order valence-corrected chi connectivity index (χ3v) is 5.95. The first-order chi connectivity index (χ1) is 9.98. The number of carbonyl (C=O) groups is 1. The Balaban J connectivity index is 1.56. The Morgan fingerprint density at radius 1 is 1.48 bits per heavy atom. The van der Waals surface area contributed by atoms with Crippen LogP contribution in [0, 0.1) is 11.3 Å². The molecular weight excluding hydrogens is 264 g/mol. The number of fused-ring (bicyclic) bond motifs is 1. The maximum Gasteiger partial charge on any atom is 0.241 e. The number of nitrogens with two attached hydrogens (primary N) is 1. The molecule has 1 amide bonds. The summed E-state index contributed by atoms with van der Waals surface area (Å²) in [6.45, 7) is 5.56. The summed E-state index contributed by atoms with van der Waals surface area (Å²) < 4.78 is 5.74. The van der Waals surface area contributed by atoms with Gasteiger partial charge in [-0.2, -0.15) is 0 Å². The number of hydrogen-bond donors (Lipinski definition) is 2. The quantitative estimate of drug-likeness (QED) is 0.780. The van der Waals surface area contributed by atoms with Crippen molar-refractivity contribution in [2.45, 2.75) is 64.0 Å². The molecule has 1 aliphatic heterocycles. The summed E-state index contributed by atoms with van der Waals surface area (Å²) in [5, 5.41) is 3.08. The van der Waals surface area contributed by atoms with Crippen LogP contribution < -0.4 is 11.1 Å². The highest BCUT2D eigenvalue weighted by Gasteiger charge is 2.71. The van der Waals surface area contributed by atoms with E-state index in [0.717, 1.165) is 19.4 Å². The smallest absolute Gasteiger partial charge is 0.241 e. The molecule has 1 saturated heterocycles. The van der Waals surface area contributed by atoms with Crippen LogP contribution in [0.15, 0.2) is 11.6 Å². The fraction of sp³-hybridized carbons (Fsp3) is 0.824. The largest absolute Gasteiger partial charge is 0.377 e. The van der Waals surface area contributed by atoms with E-state index in [2.05, 4.69) is 25.2 Å². The van der Waals surface area contributed by atoms with E-state index in [1.54, 1.807) is 0 Å². The minimum Gasteiger partial charge on any atom is -0.377 e. The van der Waals surface area contributed by atoms with Crippen molar-refractivity contribution >= 4 is 5.91 Å². The van der Waals surface area contributed by atoms with E-state index in [-0.39, 0.29) is 23.3 Å². The zero-order valence-electron chi connectivity index (χ0n) is 13.3. The molecular formula is C17H28N2O2. The van der Waals surface area contributed by atoms with Gasteiger partial charge in [0, 0.05) is 24.5 Å². The van der Waals surface area contributed by atoms with E-state index in [0.29, 0.717) is 6.54 Å². The predicted octanol–water partition coefficient (Wildman–Crippen LogP) is 2.14. The minimum absolute atomic E-state index is 0.00987. The molecule has 0 aromatic heterocycles. The molecule has 3 unspecified atom stereocenters. The lowest BCUT2D eigenvalue weighted by Crippen LogP contribution is -2.80. The van der Waals surface area contributed by atoms with E-state index >= 15 is 0 Å². The van der Waals surface area contributed by atoms with Crippen LogP contribution in [-0.4, -0.2) is 30.7 Å². The fourth-order valence-corrected chi connectivity index (χ4v) is 4.46. The Bertz CT molecular complexity index is 458. The van der Waals surface area contributed by atoms with Gasteiger partial charge in [0.25, 0.3) is 0 Å². The topological polar surface area (TPSA) is 64.3 Å². The number of rotatable bonds is 4. The second kappa shape index (κ2) is 5.40. The highest BCUT2D eigenvalue weighted by atomic mass is 16.5. The monoisotopic (exact) mass is 292 g/mol. The Labute approximate surface area is 127 Å². The maximum atomic E-state index is 12.6. The van der Waals surface area contributed by atoms with E-state index < -0.39 is 5.54 Å². The van der Waals surface area contributed by atoms with Gasteiger partial charge in [0.2, 0.25) is 5.91 Å². The van der Waals surface area contributed by atoms with Gasteiger partial charge >= 0.3 is 0 Å². The molecule has 0 spiro atoms. The summed E-state index contributed by atoms with van der Waals surface area (Å²) in [7, 11) is 0. The molecule has 3 rings (SSSR count). The van der Waals surface area contributed by atoms with Gasteiger partial charge in [0.1, 0.15) is 5.54 Å². The Hall–Kier alpha value is -0.870. The Morgan fingerprint density at radius 3 is 3.00 bits per heavy atom. The number of allylic oxidation sites excluding steroid dienone is 1. The number of hydrogen-bond acceptors (Lipinski definition) is 3. The van der Waals surface area contributed by atoms with Crippen molar-refractivity contribution in [3.8, 4) is 0 Å². The zero-order valence-corrected chi connectivity index (χ0v) is 13.3. The average molecular weight is 292 g/mol. The molecule has 3 atom stereocenters. The highest BCUT2D eigenvalue weighted by Crippen LogP contribution is 2.58. The number of nitrogens with one attached hydrogen (secondary N) is 1. The van der Waals surface area contributed by atoms with Crippen LogP contribution >= 0.6 is 0 Å². The van der Waals surface area contributed by atoms with Crippen molar-refractivity contribution in [2.75, 3.05) is 13.2 Å². The molecule has 2 aliphatic carbocycles. The summed E-state index contributed by atoms with van der Waals surface area (Å²) in [5.41, 5.74) is 6.97. The summed E-state index contributed by atoms with van der Waals surface area (Å²) in [6.07, 6.45) is 9.33. The van der Waals surface area contributed by atoms with Gasteiger partial charge in [-0.15, -0.1) is 0 Å². The van der Waals surface area contributed by atoms with Crippen LogP contribution in [0.3, 0.4) is 0 Å². The Kier molecular flexibility index (Phi) is 3.87. The maximum absolute atomic E-state index is 12.6. The van der Waals surface area contributed by atoms with Crippen molar-refractivity contribution in [3.63, 3.8) is 0 Å². The number of ether oxygens (including phenoxy) is 1. The Morgan fingerprint density at radius 2 is 2.29 bits per heavy atom. The number of carbonyl (C=O) groups excluding carboxylic acids is 1. The standard InChI is InChI=1S/C17H28N2O2/c1-16(2)14-13(9-11-21-14)17(16,18)15(20)19-10-8-12-6-4-3-5-7-12/h6,13-14H,3-5,7-11,18H2,1-2H3,(H,19,20). The minimum atomic E-state index is -0.769. The van der Waals surface area contributed by atoms with Crippen LogP contribution in [0.5, 0.6) is 0 Å². The van der Waals surface area contributed by atoms with Gasteiger partial charge in [-0.3, -0.25) is 4.79 Å². The van der Waals surface area contributed by atoms with Crippen molar-refractivity contribution in [2.24, 2.45) is 17.1 Å². The molecule has 4 heteroatoms. The lowest BCUT2D eigenvalue weighted by molar-refractivity contribution is -0.175. The van der Waals surface area contributed by atoms with Gasteiger partial charge in [-0.25, -0.2) is 0 Å². The summed E-state index contributed by atoms with van der Waals surface area (Å²) in [5.74, 6) is 0.192. The third kappa shape index (κ3) is 2.23. The van der Waals surface area contributed by atoms with Crippen molar-refractivity contribution in [3.05, 3.63) is 11.6 Å². The molecule has 1 heterocycles. The number of amides is 1. The van der Waals surface area contributed by atoms with E-state index in [1.807, 2.05) is 0 Å². The SMILES string of the molecule is CC1(C)C2OCCC2C1(N)C(=O)NCCC1=CCCCC1. The van der Waals surface area contributed by atoms with Crippen LogP contribution in [0.4, 0.5) is 0 Å². The van der Waals surface area contributed by atoms with Gasteiger partial charge < -0.3 is 15.8 Å². The van der Waals surface area contributed by atoms with E-state index in [4.69, 9.17) is 10.5 Å². The molecule has 3 aliphatic rings. The van der Waals surface area contributed by atoms with Crippen molar-refractivity contribution in [1.29, 1.82) is 0 Å². The summed E-state index contributed by atoms with van der Waals surface area (Å²) >= 11 is 0. The second-order valence-electron chi connectivity index (χ2n) is 7.39. The molecule has 21 heavy (non-hydrogen) atoms. The molecule has 1 saturated carbocycles. The van der Waals surface area contributed by atoms with Gasteiger partial charge in [-0.1, -0.05) is 25.5 Å². The molecule has 0 radical (unpaired) electrons. The van der Waals surface area contributed by atoms with E-state index in [9.17, 15) is 4.79 Å². The first kappa shape index (κ1) is 15.0. The van der Waals surface area contributed by atoms with Crippen LogP contribution in [0.25, 0.3) is 0 Å². The molecule has 0 aromatic carbocycles. The zero-order chi connectivity index (χ0) is 15.1. The molecule has 0 bridgehead atoms. The van der Waals surface area contributed by atoms with Gasteiger partial charge in [0.15, 0.2) is 0 Å². The molecule has 3 N–H and O–H groups in total. The normalized spacial score (nSPS) is 37.4.